The largest absolute Gasteiger partial charge is 0.343 e. The van der Waals surface area contributed by atoms with Crippen LogP contribution in [-0.2, 0) is 4.79 Å². The van der Waals surface area contributed by atoms with Gasteiger partial charge in [-0.15, -0.1) is 0 Å². The van der Waals surface area contributed by atoms with Crippen molar-refractivity contribution in [3.8, 4) is 0 Å². The van der Waals surface area contributed by atoms with Gasteiger partial charge in [-0.3, -0.25) is 4.79 Å². The van der Waals surface area contributed by atoms with Gasteiger partial charge in [0, 0.05) is 19.5 Å². The van der Waals surface area contributed by atoms with E-state index in [2.05, 4.69) is 12.2 Å². The van der Waals surface area contributed by atoms with Crippen LogP contribution in [0.5, 0.6) is 0 Å². The Kier molecular flexibility index (Phi) is 6.46. The molecular formula is C13H26N2O. The van der Waals surface area contributed by atoms with Gasteiger partial charge >= 0.3 is 0 Å². The van der Waals surface area contributed by atoms with E-state index in [0.29, 0.717) is 11.9 Å². The third-order valence-corrected chi connectivity index (χ3v) is 3.48. The normalized spacial score (nSPS) is 21.5. The molecule has 1 amide bonds. The van der Waals surface area contributed by atoms with Crippen molar-refractivity contribution in [2.75, 3.05) is 20.1 Å². The number of amides is 1. The first-order valence-electron chi connectivity index (χ1n) is 6.72. The molecule has 1 unspecified atom stereocenters. The fourth-order valence-corrected chi connectivity index (χ4v) is 2.29. The van der Waals surface area contributed by atoms with Crippen molar-refractivity contribution in [1.82, 2.24) is 10.2 Å². The van der Waals surface area contributed by atoms with Crippen LogP contribution in [0.3, 0.4) is 0 Å². The van der Waals surface area contributed by atoms with Gasteiger partial charge in [0.1, 0.15) is 0 Å². The van der Waals surface area contributed by atoms with Gasteiger partial charge in [-0.1, -0.05) is 19.8 Å². The molecule has 3 heteroatoms. The zero-order valence-corrected chi connectivity index (χ0v) is 10.8. The minimum absolute atomic E-state index is 0.334. The predicted octanol–water partition coefficient (Wildman–Crippen LogP) is 2.17. The van der Waals surface area contributed by atoms with Crippen molar-refractivity contribution in [2.24, 2.45) is 0 Å². The Bertz CT molecular complexity index is 198. The van der Waals surface area contributed by atoms with Crippen LogP contribution < -0.4 is 5.32 Å². The molecule has 0 aromatic rings. The van der Waals surface area contributed by atoms with Crippen LogP contribution in [-0.4, -0.2) is 37.0 Å². The second-order valence-electron chi connectivity index (χ2n) is 4.80. The zero-order chi connectivity index (χ0) is 11.8. The number of carbonyl (C=O) groups excluding carboxylic acids is 1. The van der Waals surface area contributed by atoms with E-state index >= 15 is 0 Å². The van der Waals surface area contributed by atoms with Crippen LogP contribution >= 0.6 is 0 Å². The number of unbranched alkanes of at least 4 members (excludes halogenated alkanes) is 2. The molecule has 0 aromatic heterocycles. The molecule has 1 aliphatic heterocycles. The topological polar surface area (TPSA) is 32.3 Å². The maximum Gasteiger partial charge on any atom is 0.222 e. The van der Waals surface area contributed by atoms with Gasteiger partial charge in [0.25, 0.3) is 0 Å². The van der Waals surface area contributed by atoms with Crippen LogP contribution in [0, 0.1) is 0 Å². The van der Waals surface area contributed by atoms with Crippen LogP contribution in [0.2, 0.25) is 0 Å². The fraction of sp³-hybridized carbons (Fsp3) is 0.923. The van der Waals surface area contributed by atoms with Crippen LogP contribution in [0.15, 0.2) is 0 Å². The highest BCUT2D eigenvalue weighted by molar-refractivity contribution is 5.76. The molecule has 1 heterocycles. The Morgan fingerprint density at radius 2 is 2.12 bits per heavy atom. The molecule has 0 radical (unpaired) electrons. The van der Waals surface area contributed by atoms with Crippen molar-refractivity contribution >= 4 is 5.91 Å². The minimum Gasteiger partial charge on any atom is -0.343 e. The molecule has 1 N–H and O–H groups in total. The third-order valence-electron chi connectivity index (χ3n) is 3.48. The molecule has 0 spiro atoms. The summed E-state index contributed by atoms with van der Waals surface area (Å²) >= 11 is 0. The Balaban J connectivity index is 2.30. The van der Waals surface area contributed by atoms with Crippen LogP contribution in [0.4, 0.5) is 0 Å². The number of hydrogen-bond acceptors (Lipinski definition) is 2. The number of rotatable bonds is 5. The molecule has 1 aliphatic rings. The SMILES string of the molecule is CCCCCC(=O)N(C)C1CCCNCC1. The van der Waals surface area contributed by atoms with E-state index in [-0.39, 0.29) is 0 Å². The van der Waals surface area contributed by atoms with E-state index in [1.165, 1.54) is 19.3 Å². The minimum atomic E-state index is 0.334. The summed E-state index contributed by atoms with van der Waals surface area (Å²) in [6.45, 7) is 4.33. The molecule has 94 valence electrons. The Labute approximate surface area is 99.6 Å². The van der Waals surface area contributed by atoms with Gasteiger partial charge in [0.2, 0.25) is 5.91 Å². The first-order valence-corrected chi connectivity index (χ1v) is 6.72. The standard InChI is InChI=1S/C13H26N2O/c1-3-4-5-8-13(16)15(2)12-7-6-10-14-11-9-12/h12,14H,3-11H2,1-2H3. The summed E-state index contributed by atoms with van der Waals surface area (Å²) in [7, 11) is 1.98. The van der Waals surface area contributed by atoms with Crippen LogP contribution in [0.1, 0.15) is 51.9 Å². The van der Waals surface area contributed by atoms with Crippen molar-refractivity contribution in [2.45, 2.75) is 57.9 Å². The number of hydrogen-bond donors (Lipinski definition) is 1. The lowest BCUT2D eigenvalue weighted by Crippen LogP contribution is -2.37. The average Bonchev–Trinajstić information content (AvgIpc) is 2.56. The van der Waals surface area contributed by atoms with Gasteiger partial charge in [0.15, 0.2) is 0 Å². The summed E-state index contributed by atoms with van der Waals surface area (Å²) in [6, 6.07) is 0.462. The van der Waals surface area contributed by atoms with Gasteiger partial charge in [0.05, 0.1) is 0 Å². The van der Waals surface area contributed by atoms with E-state index in [4.69, 9.17) is 0 Å². The number of nitrogens with one attached hydrogen (secondary N) is 1. The average molecular weight is 226 g/mol. The van der Waals surface area contributed by atoms with Gasteiger partial charge < -0.3 is 10.2 Å². The molecular weight excluding hydrogens is 200 g/mol. The second kappa shape index (κ2) is 7.66. The number of carbonyl (C=O) groups is 1. The Morgan fingerprint density at radius 3 is 2.88 bits per heavy atom. The van der Waals surface area contributed by atoms with E-state index in [9.17, 15) is 4.79 Å². The summed E-state index contributed by atoms with van der Waals surface area (Å²) in [6.07, 6.45) is 7.59. The lowest BCUT2D eigenvalue weighted by atomic mass is 10.1. The van der Waals surface area contributed by atoms with Crippen LogP contribution in [0.25, 0.3) is 0 Å². The summed E-state index contributed by atoms with van der Waals surface area (Å²) in [5, 5.41) is 3.39. The Hall–Kier alpha value is -0.570. The van der Waals surface area contributed by atoms with E-state index in [0.717, 1.165) is 38.8 Å². The Morgan fingerprint density at radius 1 is 1.31 bits per heavy atom. The molecule has 0 aliphatic carbocycles. The second-order valence-corrected chi connectivity index (χ2v) is 4.80. The summed E-state index contributed by atoms with van der Waals surface area (Å²) < 4.78 is 0. The zero-order valence-electron chi connectivity index (χ0n) is 10.8. The quantitative estimate of drug-likeness (QED) is 0.729. The van der Waals surface area contributed by atoms with E-state index in [1.54, 1.807) is 0 Å². The highest BCUT2D eigenvalue weighted by atomic mass is 16.2. The molecule has 1 rings (SSSR count). The maximum atomic E-state index is 11.9. The lowest BCUT2D eigenvalue weighted by Gasteiger charge is -2.27. The lowest BCUT2D eigenvalue weighted by molar-refractivity contribution is -0.132. The van der Waals surface area contributed by atoms with Crippen molar-refractivity contribution in [3.05, 3.63) is 0 Å². The summed E-state index contributed by atoms with van der Waals surface area (Å²) in [4.78, 5) is 13.9. The molecule has 1 fully saturated rings. The van der Waals surface area contributed by atoms with Crippen molar-refractivity contribution in [3.63, 3.8) is 0 Å². The van der Waals surface area contributed by atoms with Gasteiger partial charge in [-0.05, 0) is 38.8 Å². The third kappa shape index (κ3) is 4.52. The molecule has 16 heavy (non-hydrogen) atoms. The molecule has 0 saturated carbocycles. The number of nitrogens with zero attached hydrogens (tertiary/aromatic N) is 1. The molecule has 1 atom stereocenters. The van der Waals surface area contributed by atoms with E-state index in [1.807, 2.05) is 11.9 Å². The summed E-state index contributed by atoms with van der Waals surface area (Å²) in [5.74, 6) is 0.334. The van der Waals surface area contributed by atoms with Gasteiger partial charge in [-0.2, -0.15) is 0 Å². The molecule has 1 saturated heterocycles. The monoisotopic (exact) mass is 226 g/mol. The fourth-order valence-electron chi connectivity index (χ4n) is 2.29. The summed E-state index contributed by atoms with van der Waals surface area (Å²) in [5.41, 5.74) is 0. The van der Waals surface area contributed by atoms with Crippen molar-refractivity contribution in [1.29, 1.82) is 0 Å². The highest BCUT2D eigenvalue weighted by Gasteiger charge is 2.20. The highest BCUT2D eigenvalue weighted by Crippen LogP contribution is 2.13. The maximum absolute atomic E-state index is 11.9. The smallest absolute Gasteiger partial charge is 0.222 e. The molecule has 3 nitrogen and oxygen atoms in total. The first kappa shape index (κ1) is 13.5. The molecule has 0 aromatic carbocycles. The van der Waals surface area contributed by atoms with Gasteiger partial charge in [-0.25, -0.2) is 0 Å². The van der Waals surface area contributed by atoms with Crippen molar-refractivity contribution < 1.29 is 4.79 Å². The predicted molar refractivity (Wildman–Crippen MR) is 67.4 cm³/mol. The van der Waals surface area contributed by atoms with E-state index < -0.39 is 0 Å². The molecule has 0 bridgehead atoms. The first-order chi connectivity index (χ1) is 7.75.